The average Bonchev–Trinajstić information content (AvgIpc) is 2.82. The number of aromatic nitrogens is 4. The molecule has 2 aromatic rings. The zero-order valence-corrected chi connectivity index (χ0v) is 15.4. The van der Waals surface area contributed by atoms with Crippen molar-refractivity contribution in [3.63, 3.8) is 0 Å². The van der Waals surface area contributed by atoms with Crippen LogP contribution in [0.25, 0.3) is 5.82 Å². The second kappa shape index (κ2) is 6.84. The third kappa shape index (κ3) is 5.87. The number of rotatable bonds is 4. The number of carbonyl (C=O) groups is 1. The maximum Gasteiger partial charge on any atom is 0.412 e. The van der Waals surface area contributed by atoms with Crippen LogP contribution in [0.2, 0.25) is 5.02 Å². The quantitative estimate of drug-likeness (QED) is 0.787. The first-order valence-corrected chi connectivity index (χ1v) is 9.10. The molecule has 10 nitrogen and oxygen atoms in total. The van der Waals surface area contributed by atoms with Crippen LogP contribution in [0.5, 0.6) is 5.88 Å². The summed E-state index contributed by atoms with van der Waals surface area (Å²) in [5, 5.41) is 10.3. The molecule has 0 saturated carbocycles. The van der Waals surface area contributed by atoms with Gasteiger partial charge < -0.3 is 8.92 Å². The van der Waals surface area contributed by atoms with E-state index in [2.05, 4.69) is 24.7 Å². The van der Waals surface area contributed by atoms with E-state index in [4.69, 9.17) is 16.3 Å². The largest absolute Gasteiger partial charge is 0.444 e. The lowest BCUT2D eigenvalue weighted by atomic mass is 10.2. The number of nitrogens with zero attached hydrogens (tertiary/aromatic N) is 4. The van der Waals surface area contributed by atoms with Gasteiger partial charge in [-0.1, -0.05) is 11.6 Å². The normalized spacial score (nSPS) is 11.9. The van der Waals surface area contributed by atoms with Gasteiger partial charge in [0.15, 0.2) is 5.82 Å². The molecule has 0 atom stereocenters. The monoisotopic (exact) mass is 389 g/mol. The first-order valence-electron chi connectivity index (χ1n) is 6.91. The fourth-order valence-electron chi connectivity index (χ4n) is 1.61. The summed E-state index contributed by atoms with van der Waals surface area (Å²) < 4.78 is 31.9. The minimum atomic E-state index is -3.72. The van der Waals surface area contributed by atoms with Gasteiger partial charge >= 0.3 is 16.2 Å². The number of pyridine rings is 1. The zero-order chi connectivity index (χ0) is 18.8. The maximum absolute atomic E-state index is 11.7. The van der Waals surface area contributed by atoms with Crippen LogP contribution in [0.15, 0.2) is 18.5 Å². The summed E-state index contributed by atoms with van der Waals surface area (Å²) in [7, 11) is -3.72. The number of amides is 1. The first-order chi connectivity index (χ1) is 11.4. The van der Waals surface area contributed by atoms with E-state index in [1.54, 1.807) is 20.8 Å². The molecule has 0 radical (unpaired) electrons. The fourth-order valence-corrected chi connectivity index (χ4v) is 2.24. The molecule has 1 amide bonds. The van der Waals surface area contributed by atoms with Gasteiger partial charge in [-0.25, -0.2) is 9.78 Å². The lowest BCUT2D eigenvalue weighted by Crippen LogP contribution is -2.27. The molecule has 12 heteroatoms. The van der Waals surface area contributed by atoms with Gasteiger partial charge in [-0.3, -0.25) is 5.32 Å². The molecule has 0 unspecified atom stereocenters. The standard InChI is InChI=1S/C13H16ClN5O5S/c1-13(2,3)23-12(20)17-8-5-9(14)11(15-6-8)19-16-7-10(18-19)24-25(4,21)22/h5-7H,1-4H3,(H,17,20). The van der Waals surface area contributed by atoms with E-state index < -0.39 is 21.8 Å². The van der Waals surface area contributed by atoms with Crippen molar-refractivity contribution in [1.82, 2.24) is 20.0 Å². The number of carbonyl (C=O) groups excluding carboxylic acids is 1. The van der Waals surface area contributed by atoms with Gasteiger partial charge in [0.25, 0.3) is 5.88 Å². The summed E-state index contributed by atoms with van der Waals surface area (Å²) in [6, 6.07) is 1.42. The number of halogens is 1. The van der Waals surface area contributed by atoms with Crippen LogP contribution in [0.3, 0.4) is 0 Å². The molecular formula is C13H16ClN5O5S. The van der Waals surface area contributed by atoms with E-state index in [0.717, 1.165) is 17.2 Å². The smallest absolute Gasteiger partial charge is 0.412 e. The van der Waals surface area contributed by atoms with Crippen LogP contribution in [-0.4, -0.2) is 46.3 Å². The third-order valence-electron chi connectivity index (χ3n) is 2.36. The maximum atomic E-state index is 11.7. The Hall–Kier alpha value is -2.40. The number of ether oxygens (including phenoxy) is 1. The van der Waals surface area contributed by atoms with E-state index in [-0.39, 0.29) is 16.7 Å². The minimum absolute atomic E-state index is 0.120. The summed E-state index contributed by atoms with van der Waals surface area (Å²) in [6.45, 7) is 5.21. The Morgan fingerprint density at radius 3 is 2.56 bits per heavy atom. The second-order valence-electron chi connectivity index (χ2n) is 5.92. The molecule has 1 N–H and O–H groups in total. The Morgan fingerprint density at radius 2 is 2.00 bits per heavy atom. The SMILES string of the molecule is CC(C)(C)OC(=O)Nc1cnc(-n2ncc(OS(C)(=O)=O)n2)c(Cl)c1. The lowest BCUT2D eigenvalue weighted by molar-refractivity contribution is 0.0636. The van der Waals surface area contributed by atoms with Crippen molar-refractivity contribution < 1.29 is 22.1 Å². The number of anilines is 1. The van der Waals surface area contributed by atoms with Crippen molar-refractivity contribution in [2.24, 2.45) is 0 Å². The van der Waals surface area contributed by atoms with Gasteiger partial charge in [-0.05, 0) is 26.8 Å². The molecule has 0 aromatic carbocycles. The molecule has 2 heterocycles. The van der Waals surface area contributed by atoms with E-state index in [1.165, 1.54) is 12.3 Å². The van der Waals surface area contributed by atoms with E-state index in [1.807, 2.05) is 0 Å². The summed E-state index contributed by atoms with van der Waals surface area (Å²) in [6.07, 6.45) is 2.66. The van der Waals surface area contributed by atoms with E-state index >= 15 is 0 Å². The molecule has 0 aliphatic heterocycles. The lowest BCUT2D eigenvalue weighted by Gasteiger charge is -2.19. The van der Waals surface area contributed by atoms with Gasteiger partial charge in [0.1, 0.15) is 11.8 Å². The molecule has 0 bridgehead atoms. The number of nitrogens with one attached hydrogen (secondary N) is 1. The first kappa shape index (κ1) is 18.9. The molecule has 0 spiro atoms. The van der Waals surface area contributed by atoms with Gasteiger partial charge in [-0.2, -0.15) is 13.5 Å². The number of hydrogen-bond acceptors (Lipinski definition) is 8. The van der Waals surface area contributed by atoms with Crippen LogP contribution >= 0.6 is 11.6 Å². The molecule has 0 aliphatic carbocycles. The molecule has 25 heavy (non-hydrogen) atoms. The summed E-state index contributed by atoms with van der Waals surface area (Å²) in [5.74, 6) is -0.101. The van der Waals surface area contributed by atoms with Crippen molar-refractivity contribution in [1.29, 1.82) is 0 Å². The Morgan fingerprint density at radius 1 is 1.32 bits per heavy atom. The van der Waals surface area contributed by atoms with Crippen LogP contribution in [0.4, 0.5) is 10.5 Å². The molecule has 136 valence electrons. The summed E-state index contributed by atoms with van der Waals surface area (Å²) in [5.41, 5.74) is -0.335. The predicted octanol–water partition coefficient (Wildman–Crippen LogP) is 2.00. The highest BCUT2D eigenvalue weighted by atomic mass is 35.5. The van der Waals surface area contributed by atoms with Crippen molar-refractivity contribution in [2.75, 3.05) is 11.6 Å². The van der Waals surface area contributed by atoms with Crippen molar-refractivity contribution in [3.05, 3.63) is 23.5 Å². The molecule has 0 aliphatic rings. The minimum Gasteiger partial charge on any atom is -0.444 e. The fraction of sp³-hybridized carbons (Fsp3) is 0.385. The summed E-state index contributed by atoms with van der Waals surface area (Å²) >= 11 is 6.11. The van der Waals surface area contributed by atoms with Crippen molar-refractivity contribution in [3.8, 4) is 11.7 Å². The van der Waals surface area contributed by atoms with Gasteiger partial charge in [0.2, 0.25) is 0 Å². The Bertz CT molecular complexity index is 890. The van der Waals surface area contributed by atoms with Crippen LogP contribution in [0.1, 0.15) is 20.8 Å². The molecular weight excluding hydrogens is 374 g/mol. The highest BCUT2D eigenvalue weighted by molar-refractivity contribution is 7.86. The van der Waals surface area contributed by atoms with E-state index in [0.29, 0.717) is 5.69 Å². The number of hydrogen-bond donors (Lipinski definition) is 1. The molecule has 0 saturated heterocycles. The topological polar surface area (TPSA) is 125 Å². The Kier molecular flexibility index (Phi) is 5.18. The second-order valence-corrected chi connectivity index (χ2v) is 7.90. The van der Waals surface area contributed by atoms with Crippen LogP contribution in [-0.2, 0) is 14.9 Å². The third-order valence-corrected chi connectivity index (χ3v) is 3.12. The van der Waals surface area contributed by atoms with E-state index in [9.17, 15) is 13.2 Å². The summed E-state index contributed by atoms with van der Waals surface area (Å²) in [4.78, 5) is 16.8. The predicted molar refractivity (Wildman–Crippen MR) is 89.5 cm³/mol. The van der Waals surface area contributed by atoms with Crippen LogP contribution in [0, 0.1) is 0 Å². The van der Waals surface area contributed by atoms with Gasteiger partial charge in [0.05, 0.1) is 23.2 Å². The Balaban J connectivity index is 2.16. The molecule has 2 rings (SSSR count). The highest BCUT2D eigenvalue weighted by Gasteiger charge is 2.17. The van der Waals surface area contributed by atoms with Gasteiger partial charge in [-0.15, -0.1) is 9.90 Å². The Labute approximate surface area is 149 Å². The van der Waals surface area contributed by atoms with Gasteiger partial charge in [0, 0.05) is 0 Å². The highest BCUT2D eigenvalue weighted by Crippen LogP contribution is 2.22. The average molecular weight is 390 g/mol. The zero-order valence-electron chi connectivity index (χ0n) is 13.8. The molecule has 0 fully saturated rings. The van der Waals surface area contributed by atoms with Crippen LogP contribution < -0.4 is 9.50 Å². The van der Waals surface area contributed by atoms with Crippen molar-refractivity contribution >= 4 is 33.5 Å². The molecule has 2 aromatic heterocycles. The van der Waals surface area contributed by atoms with Crippen molar-refractivity contribution in [2.45, 2.75) is 26.4 Å².